The lowest BCUT2D eigenvalue weighted by Gasteiger charge is -2.33. The Labute approximate surface area is 95.0 Å². The average molecular weight is 217 g/mol. The van der Waals surface area contributed by atoms with Crippen molar-refractivity contribution in [1.29, 1.82) is 0 Å². The van der Waals surface area contributed by atoms with E-state index >= 15 is 0 Å². The molecule has 1 unspecified atom stereocenters. The zero-order valence-corrected chi connectivity index (χ0v) is 9.10. The van der Waals surface area contributed by atoms with Crippen molar-refractivity contribution in [3.05, 3.63) is 48.0 Å². The summed E-state index contributed by atoms with van der Waals surface area (Å²) in [4.78, 5) is 13.1. The third-order valence-corrected chi connectivity index (χ3v) is 2.99. The van der Waals surface area contributed by atoms with Crippen LogP contribution in [0.2, 0.25) is 0 Å². The zero-order valence-electron chi connectivity index (χ0n) is 9.10. The third kappa shape index (κ3) is 1.99. The molecule has 3 heteroatoms. The van der Waals surface area contributed by atoms with Gasteiger partial charge in [0.15, 0.2) is 0 Å². The van der Waals surface area contributed by atoms with Gasteiger partial charge in [-0.1, -0.05) is 30.3 Å². The summed E-state index contributed by atoms with van der Waals surface area (Å²) in [6.45, 7) is 4.98. The maximum absolute atomic E-state index is 11.2. The van der Waals surface area contributed by atoms with Crippen molar-refractivity contribution >= 4 is 5.97 Å². The van der Waals surface area contributed by atoms with Gasteiger partial charge in [0.25, 0.3) is 0 Å². The predicted octanol–water partition coefficient (Wildman–Crippen LogP) is 1.68. The van der Waals surface area contributed by atoms with Gasteiger partial charge in [-0.2, -0.15) is 0 Å². The fraction of sp³-hybridized carbons (Fsp3) is 0.308. The second-order valence-electron chi connectivity index (χ2n) is 4.04. The van der Waals surface area contributed by atoms with Crippen LogP contribution in [0, 0.1) is 0 Å². The standard InChI is InChI=1S/C13H15NO2/c1-2-7-14-9-11-6-4-3-5-10(11)8-12(14)13(15)16/h2-6,12H,1,7-9H2,(H,15,16). The fourth-order valence-corrected chi connectivity index (χ4v) is 2.18. The molecule has 1 aromatic rings. The Kier molecular flexibility index (Phi) is 3.06. The fourth-order valence-electron chi connectivity index (χ4n) is 2.18. The first-order valence-corrected chi connectivity index (χ1v) is 5.37. The molecule has 0 bridgehead atoms. The van der Waals surface area contributed by atoms with Gasteiger partial charge in [0.05, 0.1) is 0 Å². The summed E-state index contributed by atoms with van der Waals surface area (Å²) in [6, 6.07) is 7.60. The highest BCUT2D eigenvalue weighted by Gasteiger charge is 2.30. The van der Waals surface area contributed by atoms with Crippen LogP contribution in [0.15, 0.2) is 36.9 Å². The molecule has 1 aromatic carbocycles. The van der Waals surface area contributed by atoms with Crippen LogP contribution in [-0.4, -0.2) is 28.6 Å². The predicted molar refractivity (Wildman–Crippen MR) is 62.2 cm³/mol. The van der Waals surface area contributed by atoms with E-state index in [1.54, 1.807) is 6.08 Å². The van der Waals surface area contributed by atoms with Crippen molar-refractivity contribution in [1.82, 2.24) is 4.90 Å². The lowest BCUT2D eigenvalue weighted by Crippen LogP contribution is -2.45. The van der Waals surface area contributed by atoms with E-state index in [1.165, 1.54) is 5.56 Å². The van der Waals surface area contributed by atoms with Crippen LogP contribution >= 0.6 is 0 Å². The molecule has 0 aliphatic carbocycles. The summed E-state index contributed by atoms with van der Waals surface area (Å²) in [7, 11) is 0. The van der Waals surface area contributed by atoms with Gasteiger partial charge in [-0.25, -0.2) is 0 Å². The quantitative estimate of drug-likeness (QED) is 0.783. The van der Waals surface area contributed by atoms with E-state index in [0.29, 0.717) is 19.5 Å². The molecule has 1 N–H and O–H groups in total. The van der Waals surface area contributed by atoms with Gasteiger partial charge in [-0.3, -0.25) is 9.69 Å². The zero-order chi connectivity index (χ0) is 11.5. The van der Waals surface area contributed by atoms with Gasteiger partial charge in [0.2, 0.25) is 0 Å². The van der Waals surface area contributed by atoms with Crippen LogP contribution in [0.1, 0.15) is 11.1 Å². The molecule has 0 spiro atoms. The Morgan fingerprint density at radius 3 is 2.81 bits per heavy atom. The van der Waals surface area contributed by atoms with Crippen LogP contribution in [0.4, 0.5) is 0 Å². The topological polar surface area (TPSA) is 40.5 Å². The monoisotopic (exact) mass is 217 g/mol. The maximum atomic E-state index is 11.2. The van der Waals surface area contributed by atoms with Gasteiger partial charge in [-0.05, 0) is 17.5 Å². The summed E-state index contributed by atoms with van der Waals surface area (Å²) in [5.41, 5.74) is 2.37. The molecule has 1 aliphatic heterocycles. The van der Waals surface area contributed by atoms with E-state index in [0.717, 1.165) is 5.56 Å². The lowest BCUT2D eigenvalue weighted by molar-refractivity contribution is -0.143. The Morgan fingerprint density at radius 2 is 2.19 bits per heavy atom. The highest BCUT2D eigenvalue weighted by atomic mass is 16.4. The minimum absolute atomic E-state index is 0.423. The summed E-state index contributed by atoms with van der Waals surface area (Å²) < 4.78 is 0. The number of rotatable bonds is 3. The number of hydrogen-bond acceptors (Lipinski definition) is 2. The number of carboxylic acids is 1. The van der Waals surface area contributed by atoms with Crippen LogP contribution in [-0.2, 0) is 17.8 Å². The molecule has 0 radical (unpaired) electrons. The Hall–Kier alpha value is -1.61. The first-order chi connectivity index (χ1) is 7.72. The second kappa shape index (κ2) is 4.49. The first kappa shape index (κ1) is 10.9. The molecule has 0 amide bonds. The maximum Gasteiger partial charge on any atom is 0.321 e. The van der Waals surface area contributed by atoms with E-state index < -0.39 is 12.0 Å². The van der Waals surface area contributed by atoms with Crippen LogP contribution in [0.3, 0.4) is 0 Å². The minimum atomic E-state index is -0.753. The van der Waals surface area contributed by atoms with Crippen LogP contribution < -0.4 is 0 Å². The van der Waals surface area contributed by atoms with Crippen LogP contribution in [0.25, 0.3) is 0 Å². The summed E-state index contributed by atoms with van der Waals surface area (Å²) in [6.07, 6.45) is 2.34. The lowest BCUT2D eigenvalue weighted by atomic mass is 9.94. The van der Waals surface area contributed by atoms with Crippen molar-refractivity contribution in [3.8, 4) is 0 Å². The SMILES string of the molecule is C=CCN1Cc2ccccc2CC1C(=O)O. The number of fused-ring (bicyclic) bond motifs is 1. The molecule has 1 heterocycles. The van der Waals surface area contributed by atoms with Gasteiger partial charge in [0.1, 0.15) is 6.04 Å². The highest BCUT2D eigenvalue weighted by Crippen LogP contribution is 2.23. The van der Waals surface area contributed by atoms with Gasteiger partial charge in [-0.15, -0.1) is 6.58 Å². The second-order valence-corrected chi connectivity index (χ2v) is 4.04. The minimum Gasteiger partial charge on any atom is -0.480 e. The smallest absolute Gasteiger partial charge is 0.321 e. The number of carbonyl (C=O) groups is 1. The molecule has 2 rings (SSSR count). The van der Waals surface area contributed by atoms with E-state index in [-0.39, 0.29) is 0 Å². The Bertz CT molecular complexity index is 414. The molecule has 16 heavy (non-hydrogen) atoms. The molecule has 1 atom stereocenters. The summed E-state index contributed by atoms with van der Waals surface area (Å²) in [5.74, 6) is -0.753. The molecular weight excluding hydrogens is 202 g/mol. The van der Waals surface area contributed by atoms with Gasteiger partial charge < -0.3 is 5.11 Å². The molecule has 0 saturated heterocycles. The summed E-state index contributed by atoms with van der Waals surface area (Å²) in [5, 5.41) is 9.18. The van der Waals surface area contributed by atoms with Gasteiger partial charge >= 0.3 is 5.97 Å². The van der Waals surface area contributed by atoms with Gasteiger partial charge in [0, 0.05) is 13.1 Å². The molecule has 0 fully saturated rings. The van der Waals surface area contributed by atoms with Crippen molar-refractivity contribution in [2.24, 2.45) is 0 Å². The Morgan fingerprint density at radius 1 is 1.50 bits per heavy atom. The number of nitrogens with zero attached hydrogens (tertiary/aromatic N) is 1. The van der Waals surface area contributed by atoms with E-state index in [1.807, 2.05) is 23.1 Å². The normalized spacial score (nSPS) is 20.1. The number of aliphatic carboxylic acids is 1. The van der Waals surface area contributed by atoms with Crippen molar-refractivity contribution in [2.45, 2.75) is 19.0 Å². The van der Waals surface area contributed by atoms with Crippen LogP contribution in [0.5, 0.6) is 0 Å². The molecule has 0 saturated carbocycles. The number of hydrogen-bond donors (Lipinski definition) is 1. The van der Waals surface area contributed by atoms with Crippen molar-refractivity contribution in [3.63, 3.8) is 0 Å². The van der Waals surface area contributed by atoms with E-state index in [9.17, 15) is 9.90 Å². The molecule has 1 aliphatic rings. The largest absolute Gasteiger partial charge is 0.480 e. The molecule has 84 valence electrons. The van der Waals surface area contributed by atoms with E-state index in [4.69, 9.17) is 0 Å². The third-order valence-electron chi connectivity index (χ3n) is 2.99. The number of carboxylic acid groups (broad SMARTS) is 1. The molecule has 0 aromatic heterocycles. The highest BCUT2D eigenvalue weighted by molar-refractivity contribution is 5.74. The van der Waals surface area contributed by atoms with Crippen molar-refractivity contribution in [2.75, 3.05) is 6.54 Å². The van der Waals surface area contributed by atoms with Crippen molar-refractivity contribution < 1.29 is 9.90 Å². The molecular formula is C13H15NO2. The number of benzene rings is 1. The molecule has 3 nitrogen and oxygen atoms in total. The Balaban J connectivity index is 2.29. The summed E-state index contributed by atoms with van der Waals surface area (Å²) >= 11 is 0. The average Bonchev–Trinajstić information content (AvgIpc) is 2.28. The first-order valence-electron chi connectivity index (χ1n) is 5.37. The van der Waals surface area contributed by atoms with E-state index in [2.05, 4.69) is 12.6 Å².